The van der Waals surface area contributed by atoms with Gasteiger partial charge in [-0.25, -0.2) is 9.18 Å². The Hall–Kier alpha value is -4.79. The van der Waals surface area contributed by atoms with Crippen LogP contribution in [0, 0.1) is 12.7 Å². The molecule has 1 fully saturated rings. The van der Waals surface area contributed by atoms with E-state index in [2.05, 4.69) is 5.32 Å². The third-order valence-corrected chi connectivity index (χ3v) is 7.16. The molecular formula is C31H31FN4O4. The molecule has 0 atom stereocenters. The Labute approximate surface area is 232 Å². The molecule has 2 heterocycles. The minimum atomic E-state index is -0.385. The van der Waals surface area contributed by atoms with Crippen molar-refractivity contribution in [1.82, 2.24) is 14.4 Å². The lowest BCUT2D eigenvalue weighted by Gasteiger charge is -2.34. The number of amides is 3. The maximum atomic E-state index is 15.0. The second-order valence-corrected chi connectivity index (χ2v) is 9.45. The number of nitrogens with zero attached hydrogens (tertiary/aromatic N) is 3. The van der Waals surface area contributed by atoms with Crippen molar-refractivity contribution < 1.29 is 23.5 Å². The molecule has 1 aliphatic heterocycles. The van der Waals surface area contributed by atoms with Gasteiger partial charge in [-0.15, -0.1) is 0 Å². The molecule has 1 aromatic heterocycles. The first-order chi connectivity index (χ1) is 19.4. The van der Waals surface area contributed by atoms with E-state index >= 15 is 0 Å². The minimum Gasteiger partial charge on any atom is -0.497 e. The number of urea groups is 1. The van der Waals surface area contributed by atoms with Crippen molar-refractivity contribution in [3.05, 3.63) is 95.9 Å². The van der Waals surface area contributed by atoms with Crippen molar-refractivity contribution in [3.8, 4) is 28.4 Å². The first-order valence-electron chi connectivity index (χ1n) is 13.0. The van der Waals surface area contributed by atoms with Gasteiger partial charge >= 0.3 is 6.03 Å². The maximum Gasteiger partial charge on any atom is 0.322 e. The van der Waals surface area contributed by atoms with Gasteiger partial charge in [-0.1, -0.05) is 24.3 Å². The van der Waals surface area contributed by atoms with Crippen LogP contribution in [0.2, 0.25) is 0 Å². The molecule has 8 nitrogen and oxygen atoms in total. The fraction of sp³-hybridized carbons (Fsp3) is 0.226. The van der Waals surface area contributed by atoms with Crippen LogP contribution in [0.3, 0.4) is 0 Å². The highest BCUT2D eigenvalue weighted by Gasteiger charge is 2.29. The third-order valence-electron chi connectivity index (χ3n) is 7.16. The lowest BCUT2D eigenvalue weighted by Crippen LogP contribution is -2.51. The van der Waals surface area contributed by atoms with Gasteiger partial charge in [-0.05, 0) is 67.1 Å². The van der Waals surface area contributed by atoms with E-state index in [9.17, 15) is 14.0 Å². The van der Waals surface area contributed by atoms with Gasteiger partial charge in [-0.3, -0.25) is 4.79 Å². The first-order valence-corrected chi connectivity index (χ1v) is 13.0. The summed E-state index contributed by atoms with van der Waals surface area (Å²) in [6.07, 6.45) is 0. The first kappa shape index (κ1) is 26.8. The van der Waals surface area contributed by atoms with Gasteiger partial charge in [0, 0.05) is 31.9 Å². The molecule has 0 saturated carbocycles. The number of methoxy groups -OCH3 is 2. The van der Waals surface area contributed by atoms with Gasteiger partial charge in [0.15, 0.2) is 0 Å². The predicted molar refractivity (Wildman–Crippen MR) is 152 cm³/mol. The van der Waals surface area contributed by atoms with Crippen LogP contribution in [0.5, 0.6) is 11.5 Å². The summed E-state index contributed by atoms with van der Waals surface area (Å²) in [4.78, 5) is 30.0. The molecule has 3 amide bonds. The average Bonchev–Trinajstić information content (AvgIpc) is 3.33. The van der Waals surface area contributed by atoms with E-state index in [1.54, 1.807) is 58.9 Å². The number of carbonyl (C=O) groups is 2. The highest BCUT2D eigenvalue weighted by Crippen LogP contribution is 2.32. The fourth-order valence-corrected chi connectivity index (χ4v) is 4.97. The number of halogens is 1. The highest BCUT2D eigenvalue weighted by atomic mass is 19.1. The second-order valence-electron chi connectivity index (χ2n) is 9.45. The molecule has 0 unspecified atom stereocenters. The molecule has 40 heavy (non-hydrogen) atoms. The Bertz CT molecular complexity index is 1520. The van der Waals surface area contributed by atoms with Crippen molar-refractivity contribution in [2.75, 3.05) is 45.7 Å². The molecule has 0 radical (unpaired) electrons. The summed E-state index contributed by atoms with van der Waals surface area (Å²) in [6.45, 7) is 3.33. The van der Waals surface area contributed by atoms with E-state index in [1.165, 1.54) is 6.07 Å². The Morgan fingerprint density at radius 3 is 2.15 bits per heavy atom. The zero-order valence-electron chi connectivity index (χ0n) is 22.7. The van der Waals surface area contributed by atoms with Crippen LogP contribution >= 0.6 is 0 Å². The predicted octanol–water partition coefficient (Wildman–Crippen LogP) is 5.60. The Morgan fingerprint density at radius 2 is 1.48 bits per heavy atom. The zero-order valence-corrected chi connectivity index (χ0v) is 22.7. The lowest BCUT2D eigenvalue weighted by molar-refractivity contribution is 0.0671. The molecule has 0 spiro atoms. The summed E-state index contributed by atoms with van der Waals surface area (Å²) in [5.41, 5.74) is 3.60. The largest absolute Gasteiger partial charge is 0.497 e. The fourth-order valence-electron chi connectivity index (χ4n) is 4.97. The molecule has 0 aliphatic carbocycles. The normalized spacial score (nSPS) is 13.2. The summed E-state index contributed by atoms with van der Waals surface area (Å²) in [7, 11) is 3.15. The van der Waals surface area contributed by atoms with Crippen LogP contribution < -0.4 is 14.8 Å². The molecule has 1 saturated heterocycles. The van der Waals surface area contributed by atoms with E-state index in [4.69, 9.17) is 9.47 Å². The van der Waals surface area contributed by atoms with Crippen molar-refractivity contribution in [1.29, 1.82) is 0 Å². The number of nitrogens with one attached hydrogen (secondary N) is 1. The van der Waals surface area contributed by atoms with E-state index < -0.39 is 0 Å². The van der Waals surface area contributed by atoms with Gasteiger partial charge < -0.3 is 29.2 Å². The summed E-state index contributed by atoms with van der Waals surface area (Å²) >= 11 is 0. The van der Waals surface area contributed by atoms with Crippen molar-refractivity contribution in [2.24, 2.45) is 0 Å². The molecule has 3 aromatic carbocycles. The number of piperazine rings is 1. The molecule has 4 aromatic rings. The van der Waals surface area contributed by atoms with E-state index in [0.29, 0.717) is 66.0 Å². The van der Waals surface area contributed by atoms with E-state index in [0.717, 1.165) is 5.56 Å². The number of anilines is 1. The zero-order chi connectivity index (χ0) is 28.2. The van der Waals surface area contributed by atoms with Gasteiger partial charge in [0.2, 0.25) is 0 Å². The van der Waals surface area contributed by atoms with Crippen LogP contribution in [0.4, 0.5) is 14.9 Å². The Morgan fingerprint density at radius 1 is 0.825 bits per heavy atom. The van der Waals surface area contributed by atoms with E-state index in [-0.39, 0.29) is 17.8 Å². The number of hydrogen-bond acceptors (Lipinski definition) is 4. The summed E-state index contributed by atoms with van der Waals surface area (Å²) in [5, 5.41) is 2.89. The SMILES string of the molecule is COc1ccc(-c2cc(C(=O)N3CCN(C(=O)Nc4ccccc4OC)CC3)c(C)n2-c2ccccc2F)cc1. The second kappa shape index (κ2) is 11.5. The summed E-state index contributed by atoms with van der Waals surface area (Å²) in [6, 6.07) is 22.7. The molecule has 0 bridgehead atoms. The average molecular weight is 543 g/mol. The highest BCUT2D eigenvalue weighted by molar-refractivity contribution is 5.98. The molecule has 5 rings (SSSR count). The van der Waals surface area contributed by atoms with Crippen molar-refractivity contribution in [2.45, 2.75) is 6.92 Å². The summed E-state index contributed by atoms with van der Waals surface area (Å²) in [5.74, 6) is 0.734. The lowest BCUT2D eigenvalue weighted by atomic mass is 10.1. The number of ether oxygens (including phenoxy) is 2. The standard InChI is InChI=1S/C31H31FN4O4/c1-21-24(20-28(22-12-14-23(39-2)15-13-22)36(21)27-10-6-4-8-25(27)32)30(37)34-16-18-35(19-17-34)31(38)33-26-9-5-7-11-29(26)40-3/h4-15,20H,16-19H2,1-3H3,(H,33,38). The number of aromatic nitrogens is 1. The number of hydrogen-bond donors (Lipinski definition) is 1. The van der Waals surface area contributed by atoms with Gasteiger partial charge in [0.1, 0.15) is 17.3 Å². The minimum absolute atomic E-state index is 0.160. The number of benzene rings is 3. The molecule has 1 aliphatic rings. The van der Waals surface area contributed by atoms with Crippen LogP contribution in [-0.4, -0.2) is 66.7 Å². The molecule has 1 N–H and O–H groups in total. The van der Waals surface area contributed by atoms with Gasteiger partial charge in [0.25, 0.3) is 5.91 Å². The van der Waals surface area contributed by atoms with Crippen LogP contribution in [0.15, 0.2) is 78.9 Å². The molecule has 9 heteroatoms. The number of carbonyl (C=O) groups excluding carboxylic acids is 2. The summed E-state index contributed by atoms with van der Waals surface area (Å²) < 4.78 is 27.4. The van der Waals surface area contributed by atoms with Crippen LogP contribution in [-0.2, 0) is 0 Å². The topological polar surface area (TPSA) is 76.0 Å². The number of para-hydroxylation sites is 3. The van der Waals surface area contributed by atoms with Crippen LogP contribution in [0.25, 0.3) is 16.9 Å². The van der Waals surface area contributed by atoms with Gasteiger partial charge in [-0.2, -0.15) is 0 Å². The molecular weight excluding hydrogens is 511 g/mol. The van der Waals surface area contributed by atoms with Crippen molar-refractivity contribution >= 4 is 17.6 Å². The van der Waals surface area contributed by atoms with Crippen molar-refractivity contribution in [3.63, 3.8) is 0 Å². The smallest absolute Gasteiger partial charge is 0.322 e. The van der Waals surface area contributed by atoms with Gasteiger partial charge in [0.05, 0.1) is 36.9 Å². The Balaban J connectivity index is 1.38. The monoisotopic (exact) mass is 542 g/mol. The third kappa shape index (κ3) is 5.22. The maximum absolute atomic E-state index is 15.0. The van der Waals surface area contributed by atoms with Crippen LogP contribution in [0.1, 0.15) is 16.1 Å². The molecule has 206 valence electrons. The van der Waals surface area contributed by atoms with E-state index in [1.807, 2.05) is 49.4 Å². The quantitative estimate of drug-likeness (QED) is 0.344. The Kier molecular flexibility index (Phi) is 7.72. The number of rotatable bonds is 6.